The molecule has 0 aliphatic rings. The zero-order chi connectivity index (χ0) is 20.3. The van der Waals surface area contributed by atoms with Crippen molar-refractivity contribution in [2.24, 2.45) is 0 Å². The fourth-order valence-corrected chi connectivity index (χ4v) is 3.57. The zero-order valence-electron chi connectivity index (χ0n) is 15.4. The van der Waals surface area contributed by atoms with Gasteiger partial charge in [0.2, 0.25) is 21.7 Å². The lowest BCUT2D eigenvalue weighted by Gasteiger charge is -2.15. The van der Waals surface area contributed by atoms with E-state index in [-0.39, 0.29) is 23.1 Å². The second kappa shape index (κ2) is 7.95. The van der Waals surface area contributed by atoms with Crippen LogP contribution in [0.15, 0.2) is 51.9 Å². The fourth-order valence-electron chi connectivity index (χ4n) is 2.44. The first kappa shape index (κ1) is 19.8. The molecule has 0 N–H and O–H groups in total. The van der Waals surface area contributed by atoms with Gasteiger partial charge in [-0.25, -0.2) is 12.8 Å². The minimum atomic E-state index is -3.96. The highest BCUT2D eigenvalue weighted by atomic mass is 32.2. The summed E-state index contributed by atoms with van der Waals surface area (Å²) in [4.78, 5) is 4.00. The highest BCUT2D eigenvalue weighted by Crippen LogP contribution is 2.24. The second-order valence-corrected chi connectivity index (χ2v) is 7.84. The maximum absolute atomic E-state index is 13.9. The van der Waals surface area contributed by atoms with Crippen molar-refractivity contribution in [1.29, 1.82) is 0 Å². The largest absolute Gasteiger partial charge is 0.497 e. The Labute approximate surface area is 161 Å². The quantitative estimate of drug-likeness (QED) is 0.594. The van der Waals surface area contributed by atoms with Gasteiger partial charge in [-0.3, -0.25) is 0 Å². The second-order valence-electron chi connectivity index (χ2n) is 5.80. The summed E-state index contributed by atoms with van der Waals surface area (Å²) in [5, 5.41) is 3.86. The molecule has 0 spiro atoms. The Bertz CT molecular complexity index is 1070. The molecule has 0 fully saturated rings. The Balaban J connectivity index is 1.77. The average molecular weight is 407 g/mol. The van der Waals surface area contributed by atoms with Crippen LogP contribution in [0.1, 0.15) is 5.89 Å². The molecule has 2 aromatic carbocycles. The Morgan fingerprint density at radius 1 is 1.11 bits per heavy atom. The lowest BCUT2D eigenvalue weighted by molar-refractivity contribution is 0.336. The minimum Gasteiger partial charge on any atom is -0.497 e. The average Bonchev–Trinajstić information content (AvgIpc) is 3.16. The van der Waals surface area contributed by atoms with Crippen LogP contribution in [0.2, 0.25) is 0 Å². The monoisotopic (exact) mass is 407 g/mol. The van der Waals surface area contributed by atoms with Crippen molar-refractivity contribution in [2.45, 2.75) is 11.4 Å². The summed E-state index contributed by atoms with van der Waals surface area (Å²) in [6.45, 7) is -0.168. The molecule has 0 aliphatic carbocycles. The van der Waals surface area contributed by atoms with E-state index >= 15 is 0 Å². The molecule has 0 unspecified atom stereocenters. The molecule has 0 bridgehead atoms. The van der Waals surface area contributed by atoms with E-state index < -0.39 is 15.8 Å². The van der Waals surface area contributed by atoms with Gasteiger partial charge in [-0.2, -0.15) is 9.29 Å². The van der Waals surface area contributed by atoms with Gasteiger partial charge in [0.15, 0.2) is 11.6 Å². The molecule has 0 radical (unpaired) electrons. The molecule has 0 atom stereocenters. The smallest absolute Gasteiger partial charge is 0.243 e. The van der Waals surface area contributed by atoms with Crippen molar-refractivity contribution >= 4 is 10.0 Å². The van der Waals surface area contributed by atoms with Crippen molar-refractivity contribution in [3.63, 3.8) is 0 Å². The summed E-state index contributed by atoms with van der Waals surface area (Å²) < 4.78 is 55.2. The van der Waals surface area contributed by atoms with Gasteiger partial charge in [-0.05, 0) is 42.5 Å². The zero-order valence-corrected chi connectivity index (χ0v) is 16.2. The van der Waals surface area contributed by atoms with Gasteiger partial charge in [0.25, 0.3) is 0 Å². The van der Waals surface area contributed by atoms with E-state index in [0.717, 1.165) is 10.4 Å². The summed E-state index contributed by atoms with van der Waals surface area (Å²) in [6.07, 6.45) is 0. The maximum Gasteiger partial charge on any atom is 0.243 e. The third-order valence-electron chi connectivity index (χ3n) is 4.01. The molecule has 3 rings (SSSR count). The number of hydrogen-bond acceptors (Lipinski definition) is 7. The number of nitrogens with zero attached hydrogens (tertiary/aromatic N) is 3. The number of rotatable bonds is 7. The molecule has 8 nitrogen and oxygen atoms in total. The van der Waals surface area contributed by atoms with Crippen LogP contribution in [-0.4, -0.2) is 44.1 Å². The normalized spacial score (nSPS) is 11.6. The number of benzene rings is 2. The molecule has 10 heteroatoms. The molecule has 3 aromatic rings. The Morgan fingerprint density at radius 2 is 1.82 bits per heavy atom. The number of ether oxygens (including phenoxy) is 2. The minimum absolute atomic E-state index is 0.0392. The third-order valence-corrected chi connectivity index (χ3v) is 5.81. The molecular formula is C18H18FN3O5S. The van der Waals surface area contributed by atoms with Gasteiger partial charge in [0.1, 0.15) is 5.75 Å². The Morgan fingerprint density at radius 3 is 2.43 bits per heavy atom. The standard InChI is InChI=1S/C18H18FN3O5S/c1-22(28(23,24)14-8-9-16(26-3)15(19)10-14)11-17-20-18(21-27-17)12-4-6-13(25-2)7-5-12/h4-10H,11H2,1-3H3. The van der Waals surface area contributed by atoms with Crippen LogP contribution < -0.4 is 9.47 Å². The van der Waals surface area contributed by atoms with Crippen LogP contribution in [0, 0.1) is 5.82 Å². The maximum atomic E-state index is 13.9. The predicted molar refractivity (Wildman–Crippen MR) is 97.9 cm³/mol. The first-order valence-corrected chi connectivity index (χ1v) is 9.56. The number of hydrogen-bond donors (Lipinski definition) is 0. The molecular weight excluding hydrogens is 389 g/mol. The van der Waals surface area contributed by atoms with Crippen molar-refractivity contribution < 1.29 is 26.8 Å². The summed E-state index contributed by atoms with van der Waals surface area (Å²) in [7, 11) is 0.249. The summed E-state index contributed by atoms with van der Waals surface area (Å²) >= 11 is 0. The molecule has 0 saturated heterocycles. The van der Waals surface area contributed by atoms with Gasteiger partial charge >= 0.3 is 0 Å². The van der Waals surface area contributed by atoms with Gasteiger partial charge in [-0.15, -0.1) is 0 Å². The van der Waals surface area contributed by atoms with E-state index in [2.05, 4.69) is 10.1 Å². The lowest BCUT2D eigenvalue weighted by Crippen LogP contribution is -2.26. The molecule has 1 aromatic heterocycles. The van der Waals surface area contributed by atoms with Crippen LogP contribution >= 0.6 is 0 Å². The molecule has 1 heterocycles. The van der Waals surface area contributed by atoms with Crippen LogP contribution in [0.25, 0.3) is 11.4 Å². The van der Waals surface area contributed by atoms with E-state index in [1.807, 2.05) is 0 Å². The molecule has 148 valence electrons. The number of aromatic nitrogens is 2. The van der Waals surface area contributed by atoms with Gasteiger partial charge in [-0.1, -0.05) is 5.16 Å². The van der Waals surface area contributed by atoms with Crippen molar-refractivity contribution in [3.8, 4) is 22.9 Å². The van der Waals surface area contributed by atoms with Crippen LogP contribution in [-0.2, 0) is 16.6 Å². The topological polar surface area (TPSA) is 94.8 Å². The number of sulfonamides is 1. The van der Waals surface area contributed by atoms with Crippen molar-refractivity contribution in [2.75, 3.05) is 21.3 Å². The van der Waals surface area contributed by atoms with E-state index in [0.29, 0.717) is 17.1 Å². The lowest BCUT2D eigenvalue weighted by atomic mass is 10.2. The Hall–Kier alpha value is -2.98. The first-order chi connectivity index (χ1) is 13.3. The van der Waals surface area contributed by atoms with Crippen LogP contribution in [0.4, 0.5) is 4.39 Å². The summed E-state index contributed by atoms with van der Waals surface area (Å²) in [5.74, 6) is 0.300. The van der Waals surface area contributed by atoms with Crippen molar-refractivity contribution in [1.82, 2.24) is 14.4 Å². The first-order valence-electron chi connectivity index (χ1n) is 8.12. The van der Waals surface area contributed by atoms with Gasteiger partial charge < -0.3 is 14.0 Å². The van der Waals surface area contributed by atoms with Gasteiger partial charge in [0, 0.05) is 12.6 Å². The Kier molecular flexibility index (Phi) is 5.61. The summed E-state index contributed by atoms with van der Waals surface area (Å²) in [6, 6.07) is 10.4. The van der Waals surface area contributed by atoms with Crippen LogP contribution in [0.5, 0.6) is 11.5 Å². The molecule has 28 heavy (non-hydrogen) atoms. The third kappa shape index (κ3) is 3.97. The van der Waals surface area contributed by atoms with Gasteiger partial charge in [0.05, 0.1) is 25.7 Å². The fraction of sp³-hybridized carbons (Fsp3) is 0.222. The van der Waals surface area contributed by atoms with E-state index in [4.69, 9.17) is 14.0 Å². The molecule has 0 aliphatic heterocycles. The SMILES string of the molecule is COc1ccc(-c2noc(CN(C)S(=O)(=O)c3ccc(OC)c(F)c3)n2)cc1. The van der Waals surface area contributed by atoms with Crippen molar-refractivity contribution in [3.05, 3.63) is 54.2 Å². The van der Waals surface area contributed by atoms with E-state index in [1.54, 1.807) is 31.4 Å². The number of methoxy groups -OCH3 is 2. The van der Waals surface area contributed by atoms with E-state index in [9.17, 15) is 12.8 Å². The van der Waals surface area contributed by atoms with Crippen LogP contribution in [0.3, 0.4) is 0 Å². The molecule has 0 amide bonds. The van der Waals surface area contributed by atoms with E-state index in [1.165, 1.54) is 26.3 Å². The predicted octanol–water partition coefficient (Wildman–Crippen LogP) is 2.71. The molecule has 0 saturated carbocycles. The highest BCUT2D eigenvalue weighted by molar-refractivity contribution is 7.89. The summed E-state index contributed by atoms with van der Waals surface area (Å²) in [5.41, 5.74) is 0.693. The highest BCUT2D eigenvalue weighted by Gasteiger charge is 2.24. The number of halogens is 1.